The predicted molar refractivity (Wildman–Crippen MR) is 156 cm³/mol. The van der Waals surface area contributed by atoms with E-state index in [1.54, 1.807) is 35.7 Å². The van der Waals surface area contributed by atoms with Gasteiger partial charge in [0.05, 0.1) is 30.6 Å². The van der Waals surface area contributed by atoms with Crippen LogP contribution in [-0.4, -0.2) is 69.7 Å². The van der Waals surface area contributed by atoms with Crippen LogP contribution in [0, 0.1) is 18.6 Å². The van der Waals surface area contributed by atoms with E-state index in [1.807, 2.05) is 6.92 Å². The molecule has 2 aromatic carbocycles. The maximum absolute atomic E-state index is 14.8. The van der Waals surface area contributed by atoms with Crippen molar-refractivity contribution >= 4 is 29.0 Å². The Morgan fingerprint density at radius 1 is 1.16 bits per heavy atom. The van der Waals surface area contributed by atoms with Crippen molar-refractivity contribution in [1.29, 1.82) is 0 Å². The van der Waals surface area contributed by atoms with Gasteiger partial charge in [0.1, 0.15) is 0 Å². The zero-order valence-electron chi connectivity index (χ0n) is 24.0. The van der Waals surface area contributed by atoms with Crippen LogP contribution < -0.4 is 26.0 Å². The van der Waals surface area contributed by atoms with Crippen LogP contribution in [0.15, 0.2) is 48.9 Å². The molecule has 5 N–H and O–H groups in total. The van der Waals surface area contributed by atoms with Crippen molar-refractivity contribution in [3.8, 4) is 17.0 Å². The largest absolute Gasteiger partial charge is 0.494 e. The Morgan fingerprint density at radius 2 is 1.95 bits per heavy atom. The number of carbonyl (C=O) groups is 2. The highest BCUT2D eigenvalue weighted by Gasteiger charge is 2.36. The molecule has 0 saturated carbocycles. The Bertz CT molecular complexity index is 1670. The van der Waals surface area contributed by atoms with Gasteiger partial charge in [-0.3, -0.25) is 14.0 Å². The summed E-state index contributed by atoms with van der Waals surface area (Å²) in [7, 11) is 1.27. The van der Waals surface area contributed by atoms with Gasteiger partial charge in [0.2, 0.25) is 11.7 Å². The molecule has 3 heterocycles. The summed E-state index contributed by atoms with van der Waals surface area (Å²) in [4.78, 5) is 33.7. The van der Waals surface area contributed by atoms with E-state index in [4.69, 9.17) is 4.74 Å². The van der Waals surface area contributed by atoms with Crippen molar-refractivity contribution < 1.29 is 28.2 Å². The summed E-state index contributed by atoms with van der Waals surface area (Å²) >= 11 is 0. The average Bonchev–Trinajstić information content (AvgIpc) is 3.57. The Balaban J connectivity index is 1.19. The van der Waals surface area contributed by atoms with Gasteiger partial charge in [-0.15, -0.1) is 0 Å². The Hall–Kier alpha value is -4.62. The van der Waals surface area contributed by atoms with E-state index in [-0.39, 0.29) is 23.1 Å². The summed E-state index contributed by atoms with van der Waals surface area (Å²) in [5, 5.41) is 21.9. The summed E-state index contributed by atoms with van der Waals surface area (Å²) < 4.78 is 35.6. The normalized spacial score (nSPS) is 18.0. The van der Waals surface area contributed by atoms with E-state index in [0.29, 0.717) is 60.9 Å². The molecule has 0 unspecified atom stereocenters. The van der Waals surface area contributed by atoms with Crippen molar-refractivity contribution in [2.45, 2.75) is 38.3 Å². The number of hydrogen-bond acceptors (Lipinski definition) is 8. The van der Waals surface area contributed by atoms with Crippen molar-refractivity contribution in [2.24, 2.45) is 0 Å². The van der Waals surface area contributed by atoms with Crippen LogP contribution >= 0.6 is 0 Å². The number of nitrogens with zero attached hydrogens (tertiary/aromatic N) is 3. The number of imidazole rings is 1. The van der Waals surface area contributed by atoms with Gasteiger partial charge >= 0.3 is 0 Å². The molecule has 5 rings (SSSR count). The topological polar surface area (TPSA) is 142 Å². The highest BCUT2D eigenvalue weighted by molar-refractivity contribution is 5.96. The fraction of sp³-hybridized carbons (Fsp3) is 0.333. The number of halogens is 2. The first-order valence-electron chi connectivity index (χ1n) is 13.8. The smallest absolute Gasteiger partial charge is 0.251 e. The number of amides is 2. The molecule has 2 aromatic heterocycles. The van der Waals surface area contributed by atoms with E-state index >= 15 is 0 Å². The number of ether oxygens (including phenoxy) is 1. The van der Waals surface area contributed by atoms with Crippen LogP contribution in [-0.2, 0) is 4.79 Å². The second-order valence-corrected chi connectivity index (χ2v) is 10.7. The minimum absolute atomic E-state index is 0.0246. The van der Waals surface area contributed by atoms with Gasteiger partial charge < -0.3 is 31.1 Å². The van der Waals surface area contributed by atoms with Gasteiger partial charge in [-0.1, -0.05) is 0 Å². The first-order chi connectivity index (χ1) is 20.6. The van der Waals surface area contributed by atoms with Gasteiger partial charge in [0.25, 0.3) is 5.91 Å². The molecule has 1 aliphatic heterocycles. The van der Waals surface area contributed by atoms with Crippen molar-refractivity contribution in [3.63, 3.8) is 0 Å². The molecule has 0 bridgehead atoms. The molecule has 226 valence electrons. The first-order valence-corrected chi connectivity index (χ1v) is 13.8. The lowest BCUT2D eigenvalue weighted by molar-refractivity contribution is -0.123. The van der Waals surface area contributed by atoms with E-state index in [2.05, 4.69) is 31.2 Å². The molecule has 11 nitrogen and oxygen atoms in total. The van der Waals surface area contributed by atoms with Crippen LogP contribution in [0.25, 0.3) is 16.9 Å². The number of β-amino-alcohol motifs (C(OH)–C–C–N with tert-alkyl or cyclic N) is 1. The van der Waals surface area contributed by atoms with Gasteiger partial charge in [0, 0.05) is 55.3 Å². The lowest BCUT2D eigenvalue weighted by Crippen LogP contribution is -2.41. The minimum atomic E-state index is -1.08. The molecule has 4 aromatic rings. The molecule has 1 saturated heterocycles. The summed E-state index contributed by atoms with van der Waals surface area (Å²) in [6, 6.07) is 7.59. The van der Waals surface area contributed by atoms with E-state index in [1.165, 1.54) is 31.6 Å². The Kier molecular flexibility index (Phi) is 8.55. The fourth-order valence-corrected chi connectivity index (χ4v) is 5.06. The monoisotopic (exact) mass is 593 g/mol. The number of anilines is 2. The minimum Gasteiger partial charge on any atom is -0.494 e. The number of rotatable bonds is 10. The number of carbonyl (C=O) groups excluding carboxylic acids is 2. The number of nitrogens with one attached hydrogen (secondary N) is 4. The number of fused-ring (bicyclic) bond motifs is 1. The molecular formula is C30H33F2N7O4. The number of aliphatic hydroxyl groups is 1. The van der Waals surface area contributed by atoms with Gasteiger partial charge in [0.15, 0.2) is 23.0 Å². The fourth-order valence-electron chi connectivity index (χ4n) is 5.06. The number of hydrogen-bond donors (Lipinski definition) is 5. The second-order valence-electron chi connectivity index (χ2n) is 10.7. The summed E-state index contributed by atoms with van der Waals surface area (Å²) in [6.07, 6.45) is 5.47. The SMILES string of the molecule is COc1ccc(-c2cnc3c(Nc4ccc(C(=O)NCCCNC(=O)[C@@H]5C[C@](C)(O)CN5)c(C)c4)nccn23)c(F)c1F. The van der Waals surface area contributed by atoms with Crippen LogP contribution in [0.1, 0.15) is 35.7 Å². The predicted octanol–water partition coefficient (Wildman–Crippen LogP) is 3.08. The van der Waals surface area contributed by atoms with E-state index < -0.39 is 23.3 Å². The highest BCUT2D eigenvalue weighted by Crippen LogP contribution is 2.31. The molecule has 0 aliphatic carbocycles. The zero-order valence-corrected chi connectivity index (χ0v) is 24.0. The Morgan fingerprint density at radius 3 is 2.67 bits per heavy atom. The number of methoxy groups -OCH3 is 1. The van der Waals surface area contributed by atoms with Crippen LogP contribution in [0.5, 0.6) is 5.75 Å². The molecule has 13 heteroatoms. The quantitative estimate of drug-likeness (QED) is 0.177. The summed E-state index contributed by atoms with van der Waals surface area (Å²) in [5.74, 6) is -2.33. The van der Waals surface area contributed by atoms with Gasteiger partial charge in [-0.25, -0.2) is 14.4 Å². The third kappa shape index (κ3) is 6.42. The maximum Gasteiger partial charge on any atom is 0.251 e. The zero-order chi connectivity index (χ0) is 30.7. The van der Waals surface area contributed by atoms with Crippen molar-refractivity contribution in [2.75, 3.05) is 32.1 Å². The van der Waals surface area contributed by atoms with Crippen LogP contribution in [0.4, 0.5) is 20.3 Å². The second kappa shape index (κ2) is 12.3. The van der Waals surface area contributed by atoms with Crippen molar-refractivity contribution in [3.05, 3.63) is 71.7 Å². The van der Waals surface area contributed by atoms with Crippen molar-refractivity contribution in [1.82, 2.24) is 30.3 Å². The standard InChI is InChI=1S/C30H33F2N7O4/c1-17-13-18(5-6-19(17)28(40)34-9-4-10-35-29(41)21-14-30(2,42)16-37-21)38-26-27-36-15-22(39(27)12-11-33-26)20-7-8-23(43-3)25(32)24(20)31/h5-8,11-13,15,21,37,42H,4,9-10,14,16H2,1-3H3,(H,33,38)(H,34,40)(H,35,41)/t21-,30-/m0/s1. The molecule has 0 spiro atoms. The Labute approximate surface area is 246 Å². The lowest BCUT2D eigenvalue weighted by Gasteiger charge is -2.14. The molecule has 2 amide bonds. The molecule has 1 fully saturated rings. The maximum atomic E-state index is 14.8. The summed E-state index contributed by atoms with van der Waals surface area (Å²) in [6.45, 7) is 4.65. The number of aromatic nitrogens is 3. The first kappa shape index (κ1) is 29.9. The van der Waals surface area contributed by atoms with Crippen LogP contribution in [0.3, 0.4) is 0 Å². The third-order valence-electron chi connectivity index (χ3n) is 7.33. The molecule has 0 radical (unpaired) electrons. The van der Waals surface area contributed by atoms with Gasteiger partial charge in [-0.05, 0) is 56.2 Å². The van der Waals surface area contributed by atoms with E-state index in [0.717, 1.165) is 5.56 Å². The third-order valence-corrected chi connectivity index (χ3v) is 7.33. The molecular weight excluding hydrogens is 560 g/mol. The number of benzene rings is 2. The summed E-state index contributed by atoms with van der Waals surface area (Å²) in [5.41, 5.74) is 1.76. The molecule has 43 heavy (non-hydrogen) atoms. The highest BCUT2D eigenvalue weighted by atomic mass is 19.2. The lowest BCUT2D eigenvalue weighted by atomic mass is 10.0. The van der Waals surface area contributed by atoms with E-state index in [9.17, 15) is 23.5 Å². The molecule has 1 aliphatic rings. The average molecular weight is 594 g/mol. The van der Waals surface area contributed by atoms with Gasteiger partial charge in [-0.2, -0.15) is 4.39 Å². The number of aryl methyl sites for hydroxylation is 1. The molecule has 2 atom stereocenters. The van der Waals surface area contributed by atoms with Crippen LogP contribution in [0.2, 0.25) is 0 Å².